The second kappa shape index (κ2) is 7.94. The summed E-state index contributed by atoms with van der Waals surface area (Å²) in [5.41, 5.74) is 1.33. The molecule has 0 aliphatic carbocycles. The number of thioether (sulfide) groups is 2. The summed E-state index contributed by atoms with van der Waals surface area (Å²) in [7, 11) is 0. The molecule has 0 bridgehead atoms. The topological polar surface area (TPSA) is 35.0 Å². The van der Waals surface area contributed by atoms with Gasteiger partial charge in [0.25, 0.3) is 0 Å². The molecule has 0 aromatic carbocycles. The molecule has 1 aliphatic heterocycles. The molecular formula is C18H26N2OS3. The lowest BCUT2D eigenvalue weighted by atomic mass is 9.95. The Balaban J connectivity index is 2.03. The third kappa shape index (κ3) is 4.09. The van der Waals surface area contributed by atoms with Crippen LogP contribution in [0.1, 0.15) is 57.4 Å². The highest BCUT2D eigenvalue weighted by Gasteiger charge is 2.31. The molecule has 2 aromatic heterocycles. The van der Waals surface area contributed by atoms with Gasteiger partial charge in [-0.25, -0.2) is 9.97 Å². The maximum Gasteiger partial charge on any atom is 0.190 e. The molecule has 132 valence electrons. The molecule has 3 heterocycles. The van der Waals surface area contributed by atoms with Crippen LogP contribution < -0.4 is 0 Å². The van der Waals surface area contributed by atoms with Gasteiger partial charge in [-0.2, -0.15) is 0 Å². The lowest BCUT2D eigenvalue weighted by molar-refractivity contribution is -0.0379. The van der Waals surface area contributed by atoms with E-state index < -0.39 is 0 Å². The summed E-state index contributed by atoms with van der Waals surface area (Å²) in [5, 5.41) is 3.41. The lowest BCUT2D eigenvalue weighted by Gasteiger charge is -2.30. The van der Waals surface area contributed by atoms with Gasteiger partial charge in [0, 0.05) is 22.4 Å². The van der Waals surface area contributed by atoms with Gasteiger partial charge < -0.3 is 4.74 Å². The van der Waals surface area contributed by atoms with E-state index in [1.54, 1.807) is 23.1 Å². The summed E-state index contributed by atoms with van der Waals surface area (Å²) in [6.45, 7) is 9.50. The first-order chi connectivity index (χ1) is 11.5. The van der Waals surface area contributed by atoms with Crippen molar-refractivity contribution in [1.29, 1.82) is 0 Å². The highest BCUT2D eigenvalue weighted by atomic mass is 32.2. The van der Waals surface area contributed by atoms with E-state index in [-0.39, 0.29) is 5.60 Å². The van der Waals surface area contributed by atoms with Crippen molar-refractivity contribution in [2.24, 2.45) is 0 Å². The number of nitrogens with zero attached hydrogens (tertiary/aromatic N) is 2. The second-order valence-corrected chi connectivity index (χ2v) is 10.0. The standard InChI is InChI=1S/C18H26N2OS3/c1-5-7-9-22-15-14-12-10-18(3,4)21-11-13(12)24-16(14)20-17(19-15)23-8-6-2/h5-11H2,1-4H3. The van der Waals surface area contributed by atoms with Crippen molar-refractivity contribution in [3.8, 4) is 0 Å². The van der Waals surface area contributed by atoms with Gasteiger partial charge in [0.2, 0.25) is 0 Å². The fourth-order valence-electron chi connectivity index (χ4n) is 2.77. The van der Waals surface area contributed by atoms with E-state index in [9.17, 15) is 0 Å². The van der Waals surface area contributed by atoms with Gasteiger partial charge in [0.15, 0.2) is 5.16 Å². The van der Waals surface area contributed by atoms with E-state index in [0.29, 0.717) is 6.61 Å². The zero-order valence-corrected chi connectivity index (χ0v) is 17.4. The zero-order valence-electron chi connectivity index (χ0n) is 15.0. The number of ether oxygens (including phenoxy) is 1. The average Bonchev–Trinajstić information content (AvgIpc) is 2.89. The molecule has 0 amide bonds. The Hall–Kier alpha value is -0.300. The van der Waals surface area contributed by atoms with Crippen molar-refractivity contribution < 1.29 is 4.74 Å². The van der Waals surface area contributed by atoms with Crippen molar-refractivity contribution in [3.05, 3.63) is 10.4 Å². The van der Waals surface area contributed by atoms with Crippen LogP contribution in [-0.2, 0) is 17.8 Å². The molecule has 0 saturated heterocycles. The Morgan fingerprint density at radius 3 is 2.71 bits per heavy atom. The van der Waals surface area contributed by atoms with Crippen molar-refractivity contribution in [2.75, 3.05) is 11.5 Å². The molecule has 0 fully saturated rings. The van der Waals surface area contributed by atoms with Crippen molar-refractivity contribution in [1.82, 2.24) is 9.97 Å². The van der Waals surface area contributed by atoms with Gasteiger partial charge in [0.05, 0.1) is 12.2 Å². The van der Waals surface area contributed by atoms with Crippen LogP contribution >= 0.6 is 34.9 Å². The summed E-state index contributed by atoms with van der Waals surface area (Å²) in [6, 6.07) is 0. The highest BCUT2D eigenvalue weighted by molar-refractivity contribution is 8.00. The molecule has 0 atom stereocenters. The van der Waals surface area contributed by atoms with Crippen LogP contribution in [0.4, 0.5) is 0 Å². The zero-order chi connectivity index (χ0) is 17.2. The van der Waals surface area contributed by atoms with Gasteiger partial charge in [-0.05, 0) is 38.0 Å². The summed E-state index contributed by atoms with van der Waals surface area (Å²) in [4.78, 5) is 12.3. The monoisotopic (exact) mass is 382 g/mol. The van der Waals surface area contributed by atoms with E-state index in [4.69, 9.17) is 14.7 Å². The van der Waals surface area contributed by atoms with Crippen LogP contribution in [0.3, 0.4) is 0 Å². The normalized spacial score (nSPS) is 16.5. The molecule has 6 heteroatoms. The summed E-state index contributed by atoms with van der Waals surface area (Å²) in [6.07, 6.45) is 4.55. The summed E-state index contributed by atoms with van der Waals surface area (Å²) < 4.78 is 6.01. The van der Waals surface area contributed by atoms with Crippen LogP contribution in [0.25, 0.3) is 10.2 Å². The first-order valence-corrected chi connectivity index (χ1v) is 11.5. The summed E-state index contributed by atoms with van der Waals surface area (Å²) in [5.74, 6) is 2.21. The Labute approximate surface area is 157 Å². The molecule has 0 unspecified atom stereocenters. The number of rotatable bonds is 7. The minimum absolute atomic E-state index is 0.0952. The van der Waals surface area contributed by atoms with E-state index in [2.05, 4.69) is 27.7 Å². The molecule has 0 spiro atoms. The highest BCUT2D eigenvalue weighted by Crippen LogP contribution is 2.42. The van der Waals surface area contributed by atoms with Crippen LogP contribution in [0.15, 0.2) is 10.2 Å². The predicted octanol–water partition coefficient (Wildman–Crippen LogP) is 5.94. The third-order valence-corrected chi connectivity index (χ3v) is 7.26. The van der Waals surface area contributed by atoms with Crippen molar-refractivity contribution in [3.63, 3.8) is 0 Å². The van der Waals surface area contributed by atoms with E-state index in [1.165, 1.54) is 33.7 Å². The summed E-state index contributed by atoms with van der Waals surface area (Å²) >= 11 is 5.47. The molecule has 0 radical (unpaired) electrons. The molecule has 1 aliphatic rings. The Kier molecular flexibility index (Phi) is 6.11. The Bertz CT molecular complexity index is 712. The van der Waals surface area contributed by atoms with Gasteiger partial charge in [0.1, 0.15) is 9.86 Å². The predicted molar refractivity (Wildman–Crippen MR) is 107 cm³/mol. The Morgan fingerprint density at radius 1 is 1.12 bits per heavy atom. The number of hydrogen-bond acceptors (Lipinski definition) is 6. The SMILES string of the molecule is CCCCSc1nc(SCCC)nc2sc3c(c12)CC(C)(C)OC3. The van der Waals surface area contributed by atoms with Crippen LogP contribution in [-0.4, -0.2) is 27.1 Å². The number of unbranched alkanes of at least 4 members (excludes halogenated alkanes) is 1. The lowest BCUT2D eigenvalue weighted by Crippen LogP contribution is -2.31. The fraction of sp³-hybridized carbons (Fsp3) is 0.667. The smallest absolute Gasteiger partial charge is 0.190 e. The average molecular weight is 383 g/mol. The van der Waals surface area contributed by atoms with Gasteiger partial charge in [-0.3, -0.25) is 0 Å². The number of aromatic nitrogens is 2. The molecular weight excluding hydrogens is 356 g/mol. The van der Waals surface area contributed by atoms with Crippen molar-refractivity contribution >= 4 is 45.1 Å². The number of hydrogen-bond donors (Lipinski definition) is 0. The van der Waals surface area contributed by atoms with E-state index >= 15 is 0 Å². The van der Waals surface area contributed by atoms with Gasteiger partial charge in [-0.15, -0.1) is 23.1 Å². The van der Waals surface area contributed by atoms with Crippen LogP contribution in [0, 0.1) is 0 Å². The quantitative estimate of drug-likeness (QED) is 0.256. The molecule has 2 aromatic rings. The first-order valence-electron chi connectivity index (χ1n) is 8.76. The van der Waals surface area contributed by atoms with Crippen molar-refractivity contribution in [2.45, 2.75) is 75.8 Å². The van der Waals surface area contributed by atoms with Crippen LogP contribution in [0.2, 0.25) is 0 Å². The third-order valence-electron chi connectivity index (χ3n) is 4.05. The second-order valence-electron chi connectivity index (χ2n) is 6.77. The minimum atomic E-state index is -0.0952. The fourth-order valence-corrected chi connectivity index (χ4v) is 5.89. The molecule has 3 rings (SSSR count). The molecule has 0 N–H and O–H groups in total. The van der Waals surface area contributed by atoms with Gasteiger partial charge >= 0.3 is 0 Å². The maximum absolute atomic E-state index is 6.01. The molecule has 0 saturated carbocycles. The largest absolute Gasteiger partial charge is 0.370 e. The first kappa shape index (κ1) is 18.5. The minimum Gasteiger partial charge on any atom is -0.370 e. The molecule has 3 nitrogen and oxygen atoms in total. The number of fused-ring (bicyclic) bond motifs is 3. The Morgan fingerprint density at radius 2 is 1.96 bits per heavy atom. The number of thiophene rings is 1. The van der Waals surface area contributed by atoms with E-state index in [0.717, 1.165) is 34.3 Å². The van der Waals surface area contributed by atoms with E-state index in [1.807, 2.05) is 11.8 Å². The van der Waals surface area contributed by atoms with Crippen LogP contribution in [0.5, 0.6) is 0 Å². The molecule has 24 heavy (non-hydrogen) atoms. The maximum atomic E-state index is 6.01. The van der Waals surface area contributed by atoms with Gasteiger partial charge in [-0.1, -0.05) is 32.0 Å².